The maximum atomic E-state index is 11.5. The predicted molar refractivity (Wildman–Crippen MR) is 77.8 cm³/mol. The van der Waals surface area contributed by atoms with E-state index in [9.17, 15) is 9.90 Å². The molecule has 0 fully saturated rings. The van der Waals surface area contributed by atoms with Gasteiger partial charge in [0.25, 0.3) is 0 Å². The molecule has 1 aliphatic heterocycles. The Kier molecular flexibility index (Phi) is 3.94. The normalized spacial score (nSPS) is 17.4. The number of aryl methyl sites for hydroxylation is 1. The fraction of sp³-hybridized carbons (Fsp3) is 0.571. The molecule has 21 heavy (non-hydrogen) atoms. The lowest BCUT2D eigenvalue weighted by molar-refractivity contribution is 0.193. The van der Waals surface area contributed by atoms with Gasteiger partial charge in [0.2, 0.25) is 0 Å². The van der Waals surface area contributed by atoms with Gasteiger partial charge in [-0.15, -0.1) is 0 Å². The van der Waals surface area contributed by atoms with E-state index in [-0.39, 0.29) is 5.69 Å². The zero-order chi connectivity index (χ0) is 14.8. The van der Waals surface area contributed by atoms with Gasteiger partial charge in [0.15, 0.2) is 0 Å². The summed E-state index contributed by atoms with van der Waals surface area (Å²) in [6.07, 6.45) is 3.93. The van der Waals surface area contributed by atoms with Gasteiger partial charge in [-0.25, -0.2) is 4.79 Å². The Labute approximate surface area is 122 Å². The predicted octanol–water partition coefficient (Wildman–Crippen LogP) is 0.332. The van der Waals surface area contributed by atoms with E-state index in [2.05, 4.69) is 15.0 Å². The molecule has 1 atom stereocenters. The third-order valence-corrected chi connectivity index (χ3v) is 3.92. The Hall–Kier alpha value is -1.86. The average molecular weight is 291 g/mol. The Morgan fingerprint density at radius 3 is 3.00 bits per heavy atom. The van der Waals surface area contributed by atoms with Gasteiger partial charge in [0.05, 0.1) is 17.5 Å². The minimum Gasteiger partial charge on any atom is -0.387 e. The number of fused-ring (bicyclic) bond motifs is 1. The van der Waals surface area contributed by atoms with Crippen LogP contribution in [0.2, 0.25) is 0 Å². The molecule has 7 heteroatoms. The van der Waals surface area contributed by atoms with Gasteiger partial charge in [-0.2, -0.15) is 5.10 Å². The van der Waals surface area contributed by atoms with Crippen molar-refractivity contribution in [3.63, 3.8) is 0 Å². The first kappa shape index (κ1) is 14.1. The van der Waals surface area contributed by atoms with E-state index in [1.54, 1.807) is 23.9 Å². The molecule has 1 aliphatic rings. The third kappa shape index (κ3) is 3.08. The smallest absolute Gasteiger partial charge is 0.325 e. The SMILES string of the molecule is C[C@@H](O)c1cc2n(n1)CCCN(CCn1cc[nH]c1=O)C2. The number of hydrogen-bond donors (Lipinski definition) is 2. The molecule has 3 rings (SSSR count). The Balaban J connectivity index is 1.67. The van der Waals surface area contributed by atoms with Crippen molar-refractivity contribution >= 4 is 0 Å². The van der Waals surface area contributed by atoms with Crippen LogP contribution in [0.3, 0.4) is 0 Å². The van der Waals surface area contributed by atoms with Crippen LogP contribution in [0, 0.1) is 0 Å². The summed E-state index contributed by atoms with van der Waals surface area (Å²) in [5, 5.41) is 14.1. The molecule has 0 spiro atoms. The van der Waals surface area contributed by atoms with Crippen LogP contribution in [-0.2, 0) is 19.6 Å². The summed E-state index contributed by atoms with van der Waals surface area (Å²) >= 11 is 0. The summed E-state index contributed by atoms with van der Waals surface area (Å²) in [7, 11) is 0. The van der Waals surface area contributed by atoms with Gasteiger partial charge >= 0.3 is 5.69 Å². The lowest BCUT2D eigenvalue weighted by atomic mass is 10.2. The number of rotatable bonds is 4. The van der Waals surface area contributed by atoms with E-state index < -0.39 is 6.10 Å². The van der Waals surface area contributed by atoms with Crippen molar-refractivity contribution in [1.82, 2.24) is 24.2 Å². The highest BCUT2D eigenvalue weighted by molar-refractivity contribution is 5.13. The van der Waals surface area contributed by atoms with Crippen molar-refractivity contribution in [3.8, 4) is 0 Å². The molecule has 2 aromatic rings. The standard InChI is InChI=1S/C14H21N5O2/c1-11(20)13-9-12-10-17(4-2-5-19(12)16-13)7-8-18-6-3-15-14(18)21/h3,6,9,11,20H,2,4-5,7-8,10H2,1H3,(H,15,21)/t11-/m1/s1. The second-order valence-corrected chi connectivity index (χ2v) is 5.55. The first-order valence-electron chi connectivity index (χ1n) is 7.34. The zero-order valence-corrected chi connectivity index (χ0v) is 12.2. The van der Waals surface area contributed by atoms with Crippen LogP contribution in [0.25, 0.3) is 0 Å². The van der Waals surface area contributed by atoms with Gasteiger partial charge in [0.1, 0.15) is 0 Å². The first-order chi connectivity index (χ1) is 10.1. The topological polar surface area (TPSA) is 79.1 Å². The number of aromatic amines is 1. The largest absolute Gasteiger partial charge is 0.387 e. The number of hydrogen-bond acceptors (Lipinski definition) is 4. The summed E-state index contributed by atoms with van der Waals surface area (Å²) in [6.45, 7) is 5.92. The average Bonchev–Trinajstić information content (AvgIpc) is 2.98. The number of H-pyrrole nitrogens is 1. The number of nitrogens with one attached hydrogen (secondary N) is 1. The van der Waals surface area contributed by atoms with Crippen molar-refractivity contribution < 1.29 is 5.11 Å². The first-order valence-corrected chi connectivity index (χ1v) is 7.34. The molecular formula is C14H21N5O2. The molecule has 0 radical (unpaired) electrons. The van der Waals surface area contributed by atoms with Gasteiger partial charge in [-0.05, 0) is 19.4 Å². The van der Waals surface area contributed by atoms with Crippen molar-refractivity contribution in [3.05, 3.63) is 40.3 Å². The zero-order valence-electron chi connectivity index (χ0n) is 12.2. The monoisotopic (exact) mass is 291 g/mol. The number of aliphatic hydroxyl groups excluding tert-OH is 1. The van der Waals surface area contributed by atoms with Gasteiger partial charge in [0, 0.05) is 45.1 Å². The molecule has 0 saturated carbocycles. The molecule has 7 nitrogen and oxygen atoms in total. The van der Waals surface area contributed by atoms with Crippen molar-refractivity contribution in [2.24, 2.45) is 0 Å². The van der Waals surface area contributed by atoms with Gasteiger partial charge < -0.3 is 10.1 Å². The molecule has 0 bridgehead atoms. The Morgan fingerprint density at radius 2 is 2.29 bits per heavy atom. The highest BCUT2D eigenvalue weighted by Crippen LogP contribution is 2.17. The molecule has 0 unspecified atom stereocenters. The highest BCUT2D eigenvalue weighted by Gasteiger charge is 2.18. The Bertz CT molecular complexity index is 654. The second kappa shape index (κ2) is 5.87. The van der Waals surface area contributed by atoms with Crippen LogP contribution in [-0.4, -0.2) is 42.4 Å². The lowest BCUT2D eigenvalue weighted by Gasteiger charge is -2.19. The van der Waals surface area contributed by atoms with E-state index in [1.165, 1.54) is 0 Å². The van der Waals surface area contributed by atoms with Crippen molar-refractivity contribution in [2.45, 2.75) is 39.1 Å². The minimum absolute atomic E-state index is 0.0637. The highest BCUT2D eigenvalue weighted by atomic mass is 16.3. The van der Waals surface area contributed by atoms with Crippen molar-refractivity contribution in [1.29, 1.82) is 0 Å². The van der Waals surface area contributed by atoms with Gasteiger partial charge in [-0.3, -0.25) is 14.1 Å². The third-order valence-electron chi connectivity index (χ3n) is 3.92. The minimum atomic E-state index is -0.531. The summed E-state index contributed by atoms with van der Waals surface area (Å²) in [6, 6.07) is 1.98. The maximum absolute atomic E-state index is 11.5. The fourth-order valence-corrected chi connectivity index (χ4v) is 2.72. The molecule has 3 heterocycles. The van der Waals surface area contributed by atoms with Crippen LogP contribution in [0.1, 0.15) is 30.8 Å². The van der Waals surface area contributed by atoms with Crippen molar-refractivity contribution in [2.75, 3.05) is 13.1 Å². The van der Waals surface area contributed by atoms with E-state index in [4.69, 9.17) is 0 Å². The summed E-state index contributed by atoms with van der Waals surface area (Å²) in [5.41, 5.74) is 1.80. The molecule has 114 valence electrons. The van der Waals surface area contributed by atoms with Crippen LogP contribution >= 0.6 is 0 Å². The van der Waals surface area contributed by atoms with Crippen LogP contribution in [0.15, 0.2) is 23.3 Å². The lowest BCUT2D eigenvalue weighted by Crippen LogP contribution is -2.30. The Morgan fingerprint density at radius 1 is 1.43 bits per heavy atom. The molecule has 0 aliphatic carbocycles. The molecule has 2 N–H and O–H groups in total. The molecule has 0 amide bonds. The van der Waals surface area contributed by atoms with E-state index >= 15 is 0 Å². The second-order valence-electron chi connectivity index (χ2n) is 5.55. The number of aromatic nitrogens is 4. The molecule has 2 aromatic heterocycles. The van der Waals surface area contributed by atoms with Crippen LogP contribution in [0.5, 0.6) is 0 Å². The number of imidazole rings is 1. The molecule has 0 saturated heterocycles. The summed E-state index contributed by atoms with van der Waals surface area (Å²) < 4.78 is 3.67. The van der Waals surface area contributed by atoms with Gasteiger partial charge in [-0.1, -0.05) is 0 Å². The number of aliphatic hydroxyl groups is 1. The summed E-state index contributed by atoms with van der Waals surface area (Å²) in [4.78, 5) is 16.5. The molecule has 0 aromatic carbocycles. The quantitative estimate of drug-likeness (QED) is 0.851. The fourth-order valence-electron chi connectivity index (χ4n) is 2.72. The van der Waals surface area contributed by atoms with E-state index in [1.807, 2.05) is 10.7 Å². The van der Waals surface area contributed by atoms with Crippen LogP contribution in [0.4, 0.5) is 0 Å². The van der Waals surface area contributed by atoms with Crippen LogP contribution < -0.4 is 5.69 Å². The van der Waals surface area contributed by atoms with E-state index in [0.29, 0.717) is 6.54 Å². The maximum Gasteiger partial charge on any atom is 0.325 e. The van der Waals surface area contributed by atoms with E-state index in [0.717, 1.165) is 44.0 Å². The summed E-state index contributed by atoms with van der Waals surface area (Å²) in [5.74, 6) is 0. The number of nitrogens with zero attached hydrogens (tertiary/aromatic N) is 4. The molecular weight excluding hydrogens is 270 g/mol.